The summed E-state index contributed by atoms with van der Waals surface area (Å²) in [6.07, 6.45) is 0. The van der Waals surface area contributed by atoms with E-state index in [1.54, 1.807) is 11.8 Å². The van der Waals surface area contributed by atoms with Crippen molar-refractivity contribution in [2.24, 2.45) is 0 Å². The lowest BCUT2D eigenvalue weighted by Crippen LogP contribution is -2.37. The van der Waals surface area contributed by atoms with Gasteiger partial charge in [0, 0.05) is 25.4 Å². The Kier molecular flexibility index (Phi) is 7.69. The zero-order chi connectivity index (χ0) is 12.2. The Morgan fingerprint density at radius 1 is 1.20 bits per heavy atom. The molecule has 1 fully saturated rings. The zero-order valence-electron chi connectivity index (χ0n) is 11.1. The Labute approximate surface area is 135 Å². The van der Waals surface area contributed by atoms with Crippen molar-refractivity contribution in [3.05, 3.63) is 24.3 Å². The van der Waals surface area contributed by atoms with Crippen molar-refractivity contribution >= 4 is 47.6 Å². The monoisotopic (exact) mass is 335 g/mol. The maximum absolute atomic E-state index is 5.34. The molecule has 20 heavy (non-hydrogen) atoms. The number of aromatic nitrogens is 2. The summed E-state index contributed by atoms with van der Waals surface area (Å²) in [5.74, 6) is 1.07. The summed E-state index contributed by atoms with van der Waals surface area (Å²) in [6, 6.07) is 8.15. The third-order valence-electron chi connectivity index (χ3n) is 3.12. The van der Waals surface area contributed by atoms with Gasteiger partial charge in [0.2, 0.25) is 0 Å². The molecule has 0 saturated carbocycles. The van der Waals surface area contributed by atoms with Crippen molar-refractivity contribution in [3.63, 3.8) is 0 Å². The van der Waals surface area contributed by atoms with E-state index in [0.717, 1.165) is 54.8 Å². The number of rotatable bonds is 4. The van der Waals surface area contributed by atoms with Gasteiger partial charge in [-0.15, -0.1) is 24.8 Å². The van der Waals surface area contributed by atoms with Crippen molar-refractivity contribution in [1.29, 1.82) is 0 Å². The van der Waals surface area contributed by atoms with Gasteiger partial charge in [0.15, 0.2) is 5.16 Å². The summed E-state index contributed by atoms with van der Waals surface area (Å²) in [5, 5.41) is 1.02. The average molecular weight is 336 g/mol. The molecule has 2 heterocycles. The minimum Gasteiger partial charge on any atom is -0.379 e. The summed E-state index contributed by atoms with van der Waals surface area (Å²) >= 11 is 1.79. The molecule has 0 radical (unpaired) electrons. The highest BCUT2D eigenvalue weighted by Gasteiger charge is 2.10. The van der Waals surface area contributed by atoms with Gasteiger partial charge in [0.1, 0.15) is 0 Å². The number of ether oxygens (including phenoxy) is 1. The predicted octanol–water partition coefficient (Wildman–Crippen LogP) is 2.83. The smallest absolute Gasteiger partial charge is 0.166 e. The Morgan fingerprint density at radius 3 is 2.70 bits per heavy atom. The Bertz CT molecular complexity index is 484. The van der Waals surface area contributed by atoms with E-state index in [-0.39, 0.29) is 24.8 Å². The molecule has 0 amide bonds. The quantitative estimate of drug-likeness (QED) is 0.872. The highest BCUT2D eigenvalue weighted by Crippen LogP contribution is 2.19. The largest absolute Gasteiger partial charge is 0.379 e. The van der Waals surface area contributed by atoms with Gasteiger partial charge in [0.25, 0.3) is 0 Å². The number of nitrogens with one attached hydrogen (secondary N) is 1. The van der Waals surface area contributed by atoms with Crippen LogP contribution >= 0.6 is 36.6 Å². The molecule has 7 heteroatoms. The maximum atomic E-state index is 5.34. The van der Waals surface area contributed by atoms with Crippen LogP contribution in [0.4, 0.5) is 0 Å². The van der Waals surface area contributed by atoms with Gasteiger partial charge >= 0.3 is 0 Å². The van der Waals surface area contributed by atoms with E-state index in [1.807, 2.05) is 18.2 Å². The van der Waals surface area contributed by atoms with E-state index in [0.29, 0.717) is 0 Å². The number of para-hydroxylation sites is 2. The molecule has 0 bridgehead atoms. The van der Waals surface area contributed by atoms with Gasteiger partial charge in [-0.2, -0.15) is 0 Å². The van der Waals surface area contributed by atoms with E-state index >= 15 is 0 Å². The number of nitrogens with zero attached hydrogens (tertiary/aromatic N) is 2. The Hall–Kier alpha value is -0.460. The average Bonchev–Trinajstić information content (AvgIpc) is 2.82. The number of aromatic amines is 1. The van der Waals surface area contributed by atoms with Crippen molar-refractivity contribution < 1.29 is 4.74 Å². The van der Waals surface area contributed by atoms with Crippen LogP contribution in [0.2, 0.25) is 0 Å². The van der Waals surface area contributed by atoms with E-state index in [1.165, 1.54) is 0 Å². The van der Waals surface area contributed by atoms with E-state index in [9.17, 15) is 0 Å². The van der Waals surface area contributed by atoms with Crippen LogP contribution in [0, 0.1) is 0 Å². The van der Waals surface area contributed by atoms with Gasteiger partial charge in [-0.1, -0.05) is 23.9 Å². The van der Waals surface area contributed by atoms with Crippen molar-refractivity contribution in [2.75, 3.05) is 38.6 Å². The molecule has 0 atom stereocenters. The van der Waals surface area contributed by atoms with Crippen LogP contribution in [0.25, 0.3) is 11.0 Å². The number of benzene rings is 1. The van der Waals surface area contributed by atoms with Gasteiger partial charge in [-0.25, -0.2) is 4.98 Å². The molecule has 112 valence electrons. The molecule has 1 saturated heterocycles. The van der Waals surface area contributed by atoms with Gasteiger partial charge in [-0.05, 0) is 12.1 Å². The molecule has 4 nitrogen and oxygen atoms in total. The topological polar surface area (TPSA) is 41.2 Å². The van der Waals surface area contributed by atoms with Gasteiger partial charge < -0.3 is 9.72 Å². The molecule has 1 aliphatic heterocycles. The maximum Gasteiger partial charge on any atom is 0.166 e. The number of H-pyrrole nitrogens is 1. The molecule has 0 aliphatic carbocycles. The normalized spacial score (nSPS) is 15.6. The lowest BCUT2D eigenvalue weighted by Gasteiger charge is -2.26. The minimum atomic E-state index is 0. The molecular formula is C13H19Cl2N3OS. The van der Waals surface area contributed by atoms with E-state index < -0.39 is 0 Å². The molecular weight excluding hydrogens is 317 g/mol. The zero-order valence-corrected chi connectivity index (χ0v) is 13.5. The molecule has 0 spiro atoms. The molecule has 2 aromatic rings. The molecule has 1 aromatic carbocycles. The number of halogens is 2. The minimum absolute atomic E-state index is 0. The first-order valence-electron chi connectivity index (χ1n) is 6.29. The Balaban J connectivity index is 0.000001000. The molecule has 3 rings (SSSR count). The van der Waals surface area contributed by atoms with Crippen molar-refractivity contribution in [3.8, 4) is 0 Å². The molecule has 1 aromatic heterocycles. The van der Waals surface area contributed by atoms with Crippen LogP contribution in [0.15, 0.2) is 29.4 Å². The number of hydrogen-bond donors (Lipinski definition) is 1. The van der Waals surface area contributed by atoms with E-state index in [2.05, 4.69) is 20.9 Å². The highest BCUT2D eigenvalue weighted by molar-refractivity contribution is 7.99. The van der Waals surface area contributed by atoms with Crippen molar-refractivity contribution in [1.82, 2.24) is 14.9 Å². The van der Waals surface area contributed by atoms with Crippen LogP contribution in [0.1, 0.15) is 0 Å². The van der Waals surface area contributed by atoms with Crippen LogP contribution < -0.4 is 0 Å². The SMILES string of the molecule is Cl.Cl.c1ccc2[nH]c(SCCN3CCOCC3)nc2c1. The lowest BCUT2D eigenvalue weighted by molar-refractivity contribution is 0.0410. The first-order chi connectivity index (χ1) is 8.92. The second-order valence-electron chi connectivity index (χ2n) is 4.36. The summed E-state index contributed by atoms with van der Waals surface area (Å²) < 4.78 is 5.34. The first kappa shape index (κ1) is 17.6. The number of hydrogen-bond acceptors (Lipinski definition) is 4. The highest BCUT2D eigenvalue weighted by atomic mass is 35.5. The standard InChI is InChI=1S/C13H17N3OS.2ClH/c1-2-4-12-11(3-1)14-13(15-12)18-10-7-16-5-8-17-9-6-16;;/h1-4H,5-10H2,(H,14,15);2*1H. The molecule has 1 N–H and O–H groups in total. The fraction of sp³-hybridized carbons (Fsp3) is 0.462. The van der Waals surface area contributed by atoms with Gasteiger partial charge in [0.05, 0.1) is 24.2 Å². The van der Waals surface area contributed by atoms with Crippen LogP contribution in [-0.2, 0) is 4.74 Å². The van der Waals surface area contributed by atoms with Crippen LogP contribution in [0.3, 0.4) is 0 Å². The summed E-state index contributed by atoms with van der Waals surface area (Å²) in [4.78, 5) is 10.3. The number of fused-ring (bicyclic) bond motifs is 1. The summed E-state index contributed by atoms with van der Waals surface area (Å²) in [5.41, 5.74) is 2.16. The number of imidazole rings is 1. The van der Waals surface area contributed by atoms with Crippen LogP contribution in [0.5, 0.6) is 0 Å². The summed E-state index contributed by atoms with van der Waals surface area (Å²) in [7, 11) is 0. The predicted molar refractivity (Wildman–Crippen MR) is 88.6 cm³/mol. The number of thioether (sulfide) groups is 1. The molecule has 0 unspecified atom stereocenters. The van der Waals surface area contributed by atoms with E-state index in [4.69, 9.17) is 4.74 Å². The second kappa shape index (κ2) is 8.74. The fourth-order valence-corrected chi connectivity index (χ4v) is 2.98. The Morgan fingerprint density at radius 2 is 1.95 bits per heavy atom. The fourth-order valence-electron chi connectivity index (χ4n) is 2.09. The van der Waals surface area contributed by atoms with Gasteiger partial charge in [-0.3, -0.25) is 4.90 Å². The third-order valence-corrected chi connectivity index (χ3v) is 3.97. The number of morpholine rings is 1. The third kappa shape index (κ3) is 4.53. The van der Waals surface area contributed by atoms with Crippen LogP contribution in [-0.4, -0.2) is 53.5 Å². The first-order valence-corrected chi connectivity index (χ1v) is 7.28. The second-order valence-corrected chi connectivity index (χ2v) is 5.45. The van der Waals surface area contributed by atoms with Crippen molar-refractivity contribution in [2.45, 2.75) is 5.16 Å². The molecule has 1 aliphatic rings. The summed E-state index contributed by atoms with van der Waals surface area (Å²) in [6.45, 7) is 4.96. The lowest BCUT2D eigenvalue weighted by atomic mass is 10.3.